The molecule has 7 heteroatoms. The van der Waals surface area contributed by atoms with E-state index in [4.69, 9.17) is 4.98 Å². The molecule has 1 aromatic heterocycles. The molecule has 0 unspecified atom stereocenters. The number of Topliss-reactive ketones (excluding diaryl/α,β-unsaturated/α-hetero) is 1. The predicted molar refractivity (Wildman–Crippen MR) is 114 cm³/mol. The number of nitrogens with zero attached hydrogens (tertiary/aromatic N) is 3. The Kier molecular flexibility index (Phi) is 5.49. The molecule has 1 saturated carbocycles. The third-order valence-electron chi connectivity index (χ3n) is 4.74. The highest BCUT2D eigenvalue weighted by molar-refractivity contribution is 8.00. The average molecular weight is 407 g/mol. The number of aromatic nitrogens is 3. The summed E-state index contributed by atoms with van der Waals surface area (Å²) in [6.45, 7) is 3.33. The number of ketones is 1. The molecular formula is C22H22N4O2S. The Labute approximate surface area is 173 Å². The summed E-state index contributed by atoms with van der Waals surface area (Å²) in [5, 5.41) is 7.74. The number of amides is 1. The molecule has 1 fully saturated rings. The van der Waals surface area contributed by atoms with Crippen LogP contribution in [0.2, 0.25) is 0 Å². The van der Waals surface area contributed by atoms with Gasteiger partial charge in [0.1, 0.15) is 5.82 Å². The first-order valence-corrected chi connectivity index (χ1v) is 10.5. The summed E-state index contributed by atoms with van der Waals surface area (Å²) in [4.78, 5) is 28.9. The average Bonchev–Trinajstić information content (AvgIpc) is 3.49. The molecule has 3 aromatic rings. The third kappa shape index (κ3) is 4.56. The van der Waals surface area contributed by atoms with Gasteiger partial charge in [-0.3, -0.25) is 9.59 Å². The Bertz CT molecular complexity index is 1040. The zero-order valence-electron chi connectivity index (χ0n) is 16.3. The van der Waals surface area contributed by atoms with Crippen LogP contribution in [-0.4, -0.2) is 31.7 Å². The van der Waals surface area contributed by atoms with Crippen LogP contribution in [0, 0.1) is 0 Å². The summed E-state index contributed by atoms with van der Waals surface area (Å²) in [5.74, 6) is 1.21. The molecule has 0 bridgehead atoms. The molecule has 0 saturated heterocycles. The molecule has 6 nitrogen and oxygen atoms in total. The van der Waals surface area contributed by atoms with Gasteiger partial charge in [-0.15, -0.1) is 5.10 Å². The van der Waals surface area contributed by atoms with Crippen molar-refractivity contribution >= 4 is 29.1 Å². The quantitative estimate of drug-likeness (QED) is 0.463. The molecule has 1 heterocycles. The number of benzene rings is 2. The summed E-state index contributed by atoms with van der Waals surface area (Å²) >= 11 is 1.33. The molecule has 29 heavy (non-hydrogen) atoms. The number of carbonyl (C=O) groups excluding carboxylic acids is 2. The van der Waals surface area contributed by atoms with Crippen molar-refractivity contribution in [2.45, 2.75) is 43.0 Å². The molecule has 1 N–H and O–H groups in total. The molecule has 1 amide bonds. The van der Waals surface area contributed by atoms with E-state index >= 15 is 0 Å². The topological polar surface area (TPSA) is 76.9 Å². The van der Waals surface area contributed by atoms with Crippen molar-refractivity contribution in [3.63, 3.8) is 0 Å². The molecule has 2 aromatic carbocycles. The maximum atomic E-state index is 12.6. The van der Waals surface area contributed by atoms with E-state index in [2.05, 4.69) is 10.4 Å². The molecule has 0 radical (unpaired) electrons. The van der Waals surface area contributed by atoms with E-state index < -0.39 is 0 Å². The van der Waals surface area contributed by atoms with Crippen LogP contribution < -0.4 is 5.32 Å². The zero-order chi connectivity index (χ0) is 20.4. The van der Waals surface area contributed by atoms with E-state index in [1.165, 1.54) is 18.7 Å². The van der Waals surface area contributed by atoms with Crippen molar-refractivity contribution in [2.75, 3.05) is 5.32 Å². The number of thioether (sulfide) groups is 1. The predicted octanol–water partition coefficient (Wildman–Crippen LogP) is 4.47. The highest BCUT2D eigenvalue weighted by atomic mass is 32.2. The number of carbonyl (C=O) groups is 2. The lowest BCUT2D eigenvalue weighted by Crippen LogP contribution is -2.22. The van der Waals surface area contributed by atoms with E-state index in [0.29, 0.717) is 22.3 Å². The Morgan fingerprint density at radius 1 is 1.14 bits per heavy atom. The van der Waals surface area contributed by atoms with Gasteiger partial charge in [0.2, 0.25) is 11.1 Å². The molecular weight excluding hydrogens is 384 g/mol. The second-order valence-corrected chi connectivity index (χ2v) is 8.47. The monoisotopic (exact) mass is 406 g/mol. The smallest absolute Gasteiger partial charge is 0.237 e. The maximum absolute atomic E-state index is 12.6. The summed E-state index contributed by atoms with van der Waals surface area (Å²) in [7, 11) is 0. The number of anilines is 1. The maximum Gasteiger partial charge on any atom is 0.237 e. The Morgan fingerprint density at radius 3 is 2.59 bits per heavy atom. The van der Waals surface area contributed by atoms with Gasteiger partial charge in [0, 0.05) is 17.2 Å². The number of hydrogen-bond donors (Lipinski definition) is 1. The van der Waals surface area contributed by atoms with E-state index in [1.807, 2.05) is 41.9 Å². The van der Waals surface area contributed by atoms with Crippen LogP contribution in [0.3, 0.4) is 0 Å². The van der Waals surface area contributed by atoms with Gasteiger partial charge in [-0.25, -0.2) is 9.67 Å². The van der Waals surface area contributed by atoms with Crippen LogP contribution >= 0.6 is 11.8 Å². The van der Waals surface area contributed by atoms with Crippen LogP contribution in [-0.2, 0) is 4.79 Å². The van der Waals surface area contributed by atoms with Gasteiger partial charge in [-0.1, -0.05) is 42.1 Å². The second-order valence-electron chi connectivity index (χ2n) is 7.16. The second kappa shape index (κ2) is 8.21. The van der Waals surface area contributed by atoms with Gasteiger partial charge in [0.05, 0.1) is 10.9 Å². The number of rotatable bonds is 7. The molecule has 1 atom stereocenters. The summed E-state index contributed by atoms with van der Waals surface area (Å²) in [6, 6.07) is 16.9. The fourth-order valence-corrected chi connectivity index (χ4v) is 3.75. The largest absolute Gasteiger partial charge is 0.325 e. The third-order valence-corrected chi connectivity index (χ3v) is 5.70. The molecule has 0 aliphatic heterocycles. The minimum absolute atomic E-state index is 0.0354. The van der Waals surface area contributed by atoms with Gasteiger partial charge in [-0.05, 0) is 51.0 Å². The molecule has 1 aliphatic carbocycles. The van der Waals surface area contributed by atoms with E-state index in [0.717, 1.165) is 24.4 Å². The normalized spacial score (nSPS) is 14.4. The van der Waals surface area contributed by atoms with Crippen molar-refractivity contribution in [2.24, 2.45) is 0 Å². The van der Waals surface area contributed by atoms with Gasteiger partial charge >= 0.3 is 0 Å². The number of nitrogens with one attached hydrogen (secondary N) is 1. The molecule has 1 aliphatic rings. The van der Waals surface area contributed by atoms with Crippen LogP contribution in [0.4, 0.5) is 5.69 Å². The van der Waals surface area contributed by atoms with E-state index in [1.54, 1.807) is 24.3 Å². The van der Waals surface area contributed by atoms with Gasteiger partial charge in [0.15, 0.2) is 5.78 Å². The fourth-order valence-electron chi connectivity index (χ4n) is 2.99. The van der Waals surface area contributed by atoms with Crippen molar-refractivity contribution in [3.8, 4) is 5.69 Å². The molecule has 0 spiro atoms. The molecule has 148 valence electrons. The van der Waals surface area contributed by atoms with Crippen molar-refractivity contribution < 1.29 is 9.59 Å². The standard InChI is InChI=1S/C22H22N4O2S/c1-14(27)17-7-6-8-18(13-17)23-21(28)15(2)29-22-24-20(16-11-12-16)26(25-22)19-9-4-3-5-10-19/h3-10,13,15-16H,11-12H2,1-2H3,(H,23,28)/t15-/m0/s1. The first-order chi connectivity index (χ1) is 14.0. The lowest BCUT2D eigenvalue weighted by atomic mass is 10.1. The minimum atomic E-state index is -0.380. The Morgan fingerprint density at radius 2 is 1.90 bits per heavy atom. The van der Waals surface area contributed by atoms with Gasteiger partial charge in [0.25, 0.3) is 0 Å². The zero-order valence-corrected chi connectivity index (χ0v) is 17.1. The summed E-state index contributed by atoms with van der Waals surface area (Å²) in [5.41, 5.74) is 2.16. The van der Waals surface area contributed by atoms with Crippen LogP contribution in [0.25, 0.3) is 5.69 Å². The number of para-hydroxylation sites is 1. The van der Waals surface area contributed by atoms with Gasteiger partial charge < -0.3 is 5.32 Å². The lowest BCUT2D eigenvalue weighted by Gasteiger charge is -2.10. The van der Waals surface area contributed by atoms with Crippen LogP contribution in [0.5, 0.6) is 0 Å². The first kappa shape index (κ1) is 19.4. The van der Waals surface area contributed by atoms with E-state index in [9.17, 15) is 9.59 Å². The van der Waals surface area contributed by atoms with Crippen molar-refractivity contribution in [1.29, 1.82) is 0 Å². The lowest BCUT2D eigenvalue weighted by molar-refractivity contribution is -0.115. The van der Waals surface area contributed by atoms with Crippen molar-refractivity contribution in [1.82, 2.24) is 14.8 Å². The Balaban J connectivity index is 1.48. The Hall–Kier alpha value is -2.93. The SMILES string of the molecule is CC(=O)c1cccc(NC(=O)[C@H](C)Sc2nc(C3CC3)n(-c3ccccc3)n2)c1. The minimum Gasteiger partial charge on any atom is -0.325 e. The van der Waals surface area contributed by atoms with Crippen molar-refractivity contribution in [3.05, 3.63) is 66.0 Å². The summed E-state index contributed by atoms with van der Waals surface area (Å²) in [6.07, 6.45) is 2.25. The summed E-state index contributed by atoms with van der Waals surface area (Å²) < 4.78 is 1.89. The first-order valence-electron chi connectivity index (χ1n) is 9.62. The number of hydrogen-bond acceptors (Lipinski definition) is 5. The molecule has 4 rings (SSSR count). The van der Waals surface area contributed by atoms with Gasteiger partial charge in [-0.2, -0.15) is 0 Å². The highest BCUT2D eigenvalue weighted by Gasteiger charge is 2.31. The van der Waals surface area contributed by atoms with Crippen LogP contribution in [0.1, 0.15) is 48.8 Å². The highest BCUT2D eigenvalue weighted by Crippen LogP contribution is 2.40. The van der Waals surface area contributed by atoms with Crippen LogP contribution in [0.15, 0.2) is 59.8 Å². The van der Waals surface area contributed by atoms with E-state index in [-0.39, 0.29) is 16.9 Å². The fraction of sp³-hybridized carbons (Fsp3) is 0.273.